The number of ether oxygens (including phenoxy) is 3. The Morgan fingerprint density at radius 1 is 1.06 bits per heavy atom. The number of allylic oxidation sites excluding steroid dienone is 2. The van der Waals surface area contributed by atoms with Crippen molar-refractivity contribution < 1.29 is 14.2 Å². The fourth-order valence-electron chi connectivity index (χ4n) is 1.88. The molecule has 3 fully saturated rings. The first kappa shape index (κ1) is 12.8. The number of alkyl halides is 1. The van der Waals surface area contributed by atoms with E-state index in [2.05, 4.69) is 41.7 Å². The summed E-state index contributed by atoms with van der Waals surface area (Å²) in [5.74, 6) is -0.744. The van der Waals surface area contributed by atoms with E-state index in [-0.39, 0.29) is 5.41 Å². The Morgan fingerprint density at radius 2 is 1.62 bits per heavy atom. The molecule has 0 spiro atoms. The van der Waals surface area contributed by atoms with Crippen LogP contribution in [-0.4, -0.2) is 30.2 Å². The Kier molecular flexibility index (Phi) is 4.26. The molecule has 0 unspecified atom stereocenters. The van der Waals surface area contributed by atoms with Crippen molar-refractivity contribution in [1.82, 2.24) is 0 Å². The van der Waals surface area contributed by atoms with Crippen LogP contribution in [0.15, 0.2) is 12.2 Å². The molecule has 3 saturated heterocycles. The molecule has 0 N–H and O–H groups in total. The first-order valence-electron chi connectivity index (χ1n) is 5.81. The molecule has 0 aromatic heterocycles. The third kappa shape index (κ3) is 2.97. The average molecular weight is 338 g/mol. The molecule has 92 valence electrons. The molecule has 0 radical (unpaired) electrons. The number of halogens is 1. The van der Waals surface area contributed by atoms with Gasteiger partial charge in [0.25, 0.3) is 5.97 Å². The van der Waals surface area contributed by atoms with Crippen molar-refractivity contribution in [2.24, 2.45) is 5.41 Å². The molecule has 2 bridgehead atoms. The Morgan fingerprint density at radius 3 is 2.19 bits per heavy atom. The predicted molar refractivity (Wildman–Crippen MR) is 70.6 cm³/mol. The van der Waals surface area contributed by atoms with E-state index in [0.717, 1.165) is 39.1 Å². The van der Waals surface area contributed by atoms with Crippen molar-refractivity contribution in [2.45, 2.75) is 32.2 Å². The summed E-state index contributed by atoms with van der Waals surface area (Å²) in [5, 5.41) is 0. The average Bonchev–Trinajstić information content (AvgIpc) is 2.31. The second-order valence-electron chi connectivity index (χ2n) is 4.85. The molecular formula is C12H19IO3. The van der Waals surface area contributed by atoms with Gasteiger partial charge in [0.15, 0.2) is 0 Å². The summed E-state index contributed by atoms with van der Waals surface area (Å²) >= 11 is 2.38. The van der Waals surface area contributed by atoms with E-state index in [9.17, 15) is 0 Å². The van der Waals surface area contributed by atoms with E-state index in [1.165, 1.54) is 4.43 Å². The van der Waals surface area contributed by atoms with Crippen LogP contribution >= 0.6 is 22.6 Å². The first-order valence-corrected chi connectivity index (χ1v) is 7.34. The zero-order valence-corrected chi connectivity index (χ0v) is 11.9. The number of hydrogen-bond acceptors (Lipinski definition) is 3. The fraction of sp³-hybridized carbons (Fsp3) is 0.833. The van der Waals surface area contributed by atoms with E-state index in [4.69, 9.17) is 14.2 Å². The fourth-order valence-corrected chi connectivity index (χ4v) is 2.24. The lowest BCUT2D eigenvalue weighted by Crippen LogP contribution is -2.58. The maximum absolute atomic E-state index is 5.69. The molecule has 0 aromatic rings. The summed E-state index contributed by atoms with van der Waals surface area (Å²) in [6, 6.07) is 0. The molecule has 0 atom stereocenters. The molecule has 3 rings (SSSR count). The van der Waals surface area contributed by atoms with Crippen LogP contribution in [0.5, 0.6) is 0 Å². The molecular weight excluding hydrogens is 319 g/mol. The first-order chi connectivity index (χ1) is 7.68. The van der Waals surface area contributed by atoms with Crippen molar-refractivity contribution >= 4 is 22.6 Å². The Bertz CT molecular complexity index is 240. The van der Waals surface area contributed by atoms with Gasteiger partial charge in [-0.15, -0.1) is 0 Å². The largest absolute Gasteiger partial charge is 0.327 e. The lowest BCUT2D eigenvalue weighted by Gasteiger charge is -2.50. The van der Waals surface area contributed by atoms with Crippen molar-refractivity contribution in [3.63, 3.8) is 0 Å². The highest BCUT2D eigenvalue weighted by Gasteiger charge is 2.49. The van der Waals surface area contributed by atoms with Gasteiger partial charge in [0, 0.05) is 16.3 Å². The zero-order chi connectivity index (χ0) is 11.5. The normalized spacial score (nSPS) is 38.4. The van der Waals surface area contributed by atoms with E-state index >= 15 is 0 Å². The summed E-state index contributed by atoms with van der Waals surface area (Å²) in [6.45, 7) is 4.40. The van der Waals surface area contributed by atoms with E-state index < -0.39 is 5.97 Å². The van der Waals surface area contributed by atoms with Crippen LogP contribution in [0.25, 0.3) is 0 Å². The van der Waals surface area contributed by atoms with Crippen LogP contribution in [0.4, 0.5) is 0 Å². The highest BCUT2D eigenvalue weighted by molar-refractivity contribution is 14.1. The van der Waals surface area contributed by atoms with Gasteiger partial charge in [-0.1, -0.05) is 41.7 Å². The smallest absolute Gasteiger partial charge is 0.283 e. The van der Waals surface area contributed by atoms with Crippen molar-refractivity contribution in [2.75, 3.05) is 24.2 Å². The molecule has 16 heavy (non-hydrogen) atoms. The SMILES string of the molecule is CC12COC(CC/C=C\CCI)(OC1)OC2. The van der Waals surface area contributed by atoms with Crippen LogP contribution in [0.3, 0.4) is 0 Å². The summed E-state index contributed by atoms with van der Waals surface area (Å²) in [7, 11) is 0. The minimum atomic E-state index is -0.744. The zero-order valence-electron chi connectivity index (χ0n) is 9.71. The molecule has 3 aliphatic heterocycles. The number of hydrogen-bond donors (Lipinski definition) is 0. The molecule has 3 nitrogen and oxygen atoms in total. The van der Waals surface area contributed by atoms with Crippen LogP contribution in [0, 0.1) is 5.41 Å². The Labute approximate surface area is 111 Å². The summed E-state index contributed by atoms with van der Waals surface area (Å²) < 4.78 is 18.3. The van der Waals surface area contributed by atoms with Crippen LogP contribution in [0.2, 0.25) is 0 Å². The summed E-state index contributed by atoms with van der Waals surface area (Å²) in [6.07, 6.45) is 7.27. The van der Waals surface area contributed by atoms with E-state index in [1.807, 2.05) is 0 Å². The van der Waals surface area contributed by atoms with Gasteiger partial charge in [-0.2, -0.15) is 0 Å². The third-order valence-electron chi connectivity index (χ3n) is 2.98. The monoisotopic (exact) mass is 338 g/mol. The molecule has 4 heteroatoms. The molecule has 0 aliphatic carbocycles. The maximum Gasteiger partial charge on any atom is 0.283 e. The lowest BCUT2D eigenvalue weighted by molar-refractivity contribution is -0.467. The van der Waals surface area contributed by atoms with Gasteiger partial charge in [-0.3, -0.25) is 0 Å². The van der Waals surface area contributed by atoms with Crippen molar-refractivity contribution in [3.8, 4) is 0 Å². The molecule has 0 saturated carbocycles. The second-order valence-corrected chi connectivity index (χ2v) is 5.93. The minimum absolute atomic E-state index is 0.0683. The van der Waals surface area contributed by atoms with Crippen molar-refractivity contribution in [3.05, 3.63) is 12.2 Å². The summed E-state index contributed by atoms with van der Waals surface area (Å²) in [5.41, 5.74) is 0.0683. The van der Waals surface area contributed by atoms with Crippen LogP contribution < -0.4 is 0 Å². The van der Waals surface area contributed by atoms with Gasteiger partial charge in [-0.05, 0) is 12.8 Å². The molecule has 3 heterocycles. The van der Waals surface area contributed by atoms with Gasteiger partial charge < -0.3 is 14.2 Å². The van der Waals surface area contributed by atoms with Gasteiger partial charge in [-0.25, -0.2) is 0 Å². The van der Waals surface area contributed by atoms with Crippen LogP contribution in [0.1, 0.15) is 26.2 Å². The third-order valence-corrected chi connectivity index (χ3v) is 3.60. The quantitative estimate of drug-likeness (QED) is 0.438. The number of rotatable bonds is 5. The summed E-state index contributed by atoms with van der Waals surface area (Å²) in [4.78, 5) is 0. The van der Waals surface area contributed by atoms with E-state index in [1.54, 1.807) is 0 Å². The van der Waals surface area contributed by atoms with Crippen LogP contribution in [-0.2, 0) is 14.2 Å². The molecule has 0 aromatic carbocycles. The predicted octanol–water partition coefficient (Wildman–Crippen LogP) is 2.89. The van der Waals surface area contributed by atoms with Gasteiger partial charge >= 0.3 is 0 Å². The highest BCUT2D eigenvalue weighted by Crippen LogP contribution is 2.40. The number of fused-ring (bicyclic) bond motifs is 3. The highest BCUT2D eigenvalue weighted by atomic mass is 127. The Hall–Kier alpha value is 0.350. The van der Waals surface area contributed by atoms with Gasteiger partial charge in [0.05, 0.1) is 19.8 Å². The molecule has 3 aliphatic rings. The van der Waals surface area contributed by atoms with Gasteiger partial charge in [0.1, 0.15) is 0 Å². The molecule has 0 amide bonds. The van der Waals surface area contributed by atoms with Gasteiger partial charge in [0.2, 0.25) is 0 Å². The lowest BCUT2D eigenvalue weighted by atomic mass is 9.91. The maximum atomic E-state index is 5.69. The minimum Gasteiger partial charge on any atom is -0.327 e. The standard InChI is InChI=1S/C12H19IO3/c1-11-8-14-12(15-9-11,16-10-11)6-4-2-3-5-7-13/h2-3H,4-10H2,1H3/b3-2-. The topological polar surface area (TPSA) is 27.7 Å². The van der Waals surface area contributed by atoms with Crippen molar-refractivity contribution in [1.29, 1.82) is 0 Å². The Balaban J connectivity index is 1.77. The van der Waals surface area contributed by atoms with E-state index in [0.29, 0.717) is 0 Å². The second kappa shape index (κ2) is 5.33.